The minimum absolute atomic E-state index is 0.0820. The quantitative estimate of drug-likeness (QED) is 0.893. The summed E-state index contributed by atoms with van der Waals surface area (Å²) in [7, 11) is 1.66. The first kappa shape index (κ1) is 15.6. The van der Waals surface area contributed by atoms with Gasteiger partial charge >= 0.3 is 0 Å². The zero-order chi connectivity index (χ0) is 16.1. The van der Waals surface area contributed by atoms with Crippen molar-refractivity contribution >= 4 is 11.4 Å². The molecule has 1 saturated heterocycles. The molecule has 0 spiro atoms. The maximum absolute atomic E-state index is 11.9. The Bertz CT molecular complexity index is 677. The Morgan fingerprint density at radius 1 is 1.09 bits per heavy atom. The third-order valence-electron chi connectivity index (χ3n) is 4.24. The highest BCUT2D eigenvalue weighted by molar-refractivity contribution is 5.46. The van der Waals surface area contributed by atoms with Gasteiger partial charge in [0.05, 0.1) is 0 Å². The molecular formula is C17H23N5O. The van der Waals surface area contributed by atoms with Gasteiger partial charge in [0, 0.05) is 58.2 Å². The molecule has 1 aliphatic rings. The number of aryl methyl sites for hydroxylation is 1. The summed E-state index contributed by atoms with van der Waals surface area (Å²) in [4.78, 5) is 16.7. The summed E-state index contributed by atoms with van der Waals surface area (Å²) in [6.45, 7) is 5.89. The summed E-state index contributed by atoms with van der Waals surface area (Å²) in [5.74, 6) is 0. The van der Waals surface area contributed by atoms with Crippen molar-refractivity contribution in [2.45, 2.75) is 0 Å². The zero-order valence-electron chi connectivity index (χ0n) is 13.5. The molecule has 2 heterocycles. The average molecular weight is 313 g/mol. The Morgan fingerprint density at radius 2 is 1.83 bits per heavy atom. The number of para-hydroxylation sites is 1. The molecule has 0 radical (unpaired) electrons. The molecule has 1 aromatic carbocycles. The predicted molar refractivity (Wildman–Crippen MR) is 93.1 cm³/mol. The van der Waals surface area contributed by atoms with Crippen LogP contribution in [0, 0.1) is 0 Å². The molecule has 0 saturated carbocycles. The van der Waals surface area contributed by atoms with Crippen molar-refractivity contribution in [2.24, 2.45) is 7.05 Å². The Morgan fingerprint density at radius 3 is 2.57 bits per heavy atom. The second-order valence-electron chi connectivity index (χ2n) is 5.76. The largest absolute Gasteiger partial charge is 0.379 e. The molecule has 0 amide bonds. The van der Waals surface area contributed by atoms with Crippen LogP contribution in [0.2, 0.25) is 0 Å². The lowest BCUT2D eigenvalue weighted by Gasteiger charge is -2.36. The van der Waals surface area contributed by atoms with Crippen molar-refractivity contribution in [3.63, 3.8) is 0 Å². The summed E-state index contributed by atoms with van der Waals surface area (Å²) < 4.78 is 1.35. The second kappa shape index (κ2) is 7.28. The van der Waals surface area contributed by atoms with Gasteiger partial charge in [-0.3, -0.25) is 9.69 Å². The monoisotopic (exact) mass is 313 g/mol. The van der Waals surface area contributed by atoms with E-state index in [1.807, 2.05) is 0 Å². The normalized spacial score (nSPS) is 15.6. The van der Waals surface area contributed by atoms with Gasteiger partial charge in [0.1, 0.15) is 5.69 Å². The van der Waals surface area contributed by atoms with Crippen LogP contribution >= 0.6 is 0 Å². The number of benzene rings is 1. The first-order valence-corrected chi connectivity index (χ1v) is 8.02. The Labute approximate surface area is 136 Å². The number of rotatable bonds is 5. The zero-order valence-corrected chi connectivity index (χ0v) is 13.5. The van der Waals surface area contributed by atoms with Crippen molar-refractivity contribution in [2.75, 3.05) is 49.5 Å². The van der Waals surface area contributed by atoms with E-state index in [4.69, 9.17) is 0 Å². The Kier molecular flexibility index (Phi) is 4.92. The number of hydrogen-bond acceptors (Lipinski definition) is 5. The number of piperazine rings is 1. The van der Waals surface area contributed by atoms with Crippen molar-refractivity contribution in [3.05, 3.63) is 52.9 Å². The minimum atomic E-state index is -0.0820. The molecule has 23 heavy (non-hydrogen) atoms. The van der Waals surface area contributed by atoms with Gasteiger partial charge in [-0.15, -0.1) is 0 Å². The van der Waals surface area contributed by atoms with Gasteiger partial charge < -0.3 is 10.2 Å². The maximum atomic E-state index is 11.9. The summed E-state index contributed by atoms with van der Waals surface area (Å²) in [5, 5.41) is 7.14. The standard InChI is InChI=1S/C17H23N5O/c1-20-17(23)16(7-8-19-20)18-9-10-21-11-13-22(14-12-21)15-5-3-2-4-6-15/h2-8,18H,9-14H2,1H3. The van der Waals surface area contributed by atoms with Crippen molar-refractivity contribution < 1.29 is 0 Å². The third kappa shape index (κ3) is 3.90. The molecule has 0 unspecified atom stereocenters. The number of nitrogens with zero attached hydrogens (tertiary/aromatic N) is 4. The van der Waals surface area contributed by atoms with E-state index in [1.165, 1.54) is 10.4 Å². The van der Waals surface area contributed by atoms with Crippen LogP contribution in [-0.2, 0) is 7.05 Å². The van der Waals surface area contributed by atoms with E-state index in [0.29, 0.717) is 5.69 Å². The van der Waals surface area contributed by atoms with E-state index in [1.54, 1.807) is 19.3 Å². The molecule has 1 N–H and O–H groups in total. The fourth-order valence-electron chi connectivity index (χ4n) is 2.86. The van der Waals surface area contributed by atoms with Crippen molar-refractivity contribution in [1.29, 1.82) is 0 Å². The first-order valence-electron chi connectivity index (χ1n) is 8.02. The van der Waals surface area contributed by atoms with E-state index in [-0.39, 0.29) is 5.56 Å². The lowest BCUT2D eigenvalue weighted by molar-refractivity contribution is 0.267. The topological polar surface area (TPSA) is 53.4 Å². The number of hydrogen-bond donors (Lipinski definition) is 1. The molecular weight excluding hydrogens is 290 g/mol. The molecule has 1 aliphatic heterocycles. The van der Waals surface area contributed by atoms with Crippen LogP contribution in [0.25, 0.3) is 0 Å². The molecule has 6 heteroatoms. The highest BCUT2D eigenvalue weighted by Crippen LogP contribution is 2.15. The van der Waals surface area contributed by atoms with E-state index in [0.717, 1.165) is 39.3 Å². The fourth-order valence-corrected chi connectivity index (χ4v) is 2.86. The third-order valence-corrected chi connectivity index (χ3v) is 4.24. The van der Waals surface area contributed by atoms with E-state index in [9.17, 15) is 4.79 Å². The summed E-state index contributed by atoms with van der Waals surface area (Å²) in [5.41, 5.74) is 1.83. The van der Waals surface area contributed by atoms with Gasteiger partial charge in [-0.2, -0.15) is 5.10 Å². The van der Waals surface area contributed by atoms with Gasteiger partial charge in [0.15, 0.2) is 0 Å². The number of nitrogens with one attached hydrogen (secondary N) is 1. The van der Waals surface area contributed by atoms with Crippen LogP contribution in [0.5, 0.6) is 0 Å². The van der Waals surface area contributed by atoms with Crippen LogP contribution in [0.4, 0.5) is 11.4 Å². The van der Waals surface area contributed by atoms with Gasteiger partial charge in [0.2, 0.25) is 0 Å². The number of aromatic nitrogens is 2. The summed E-state index contributed by atoms with van der Waals surface area (Å²) in [6, 6.07) is 12.3. The predicted octanol–water partition coefficient (Wildman–Crippen LogP) is 1.01. The highest BCUT2D eigenvalue weighted by atomic mass is 16.1. The average Bonchev–Trinajstić information content (AvgIpc) is 2.60. The van der Waals surface area contributed by atoms with Crippen LogP contribution in [0.3, 0.4) is 0 Å². The lowest BCUT2D eigenvalue weighted by Crippen LogP contribution is -2.47. The fraction of sp³-hybridized carbons (Fsp3) is 0.412. The van der Waals surface area contributed by atoms with Crippen molar-refractivity contribution in [3.8, 4) is 0 Å². The van der Waals surface area contributed by atoms with Crippen molar-refractivity contribution in [1.82, 2.24) is 14.7 Å². The molecule has 3 rings (SSSR count). The second-order valence-corrected chi connectivity index (χ2v) is 5.76. The van der Waals surface area contributed by atoms with Crippen LogP contribution in [-0.4, -0.2) is 53.9 Å². The molecule has 6 nitrogen and oxygen atoms in total. The summed E-state index contributed by atoms with van der Waals surface area (Å²) in [6.07, 6.45) is 1.64. The Balaban J connectivity index is 1.44. The molecule has 2 aromatic rings. The van der Waals surface area contributed by atoms with Gasteiger partial charge in [-0.25, -0.2) is 4.68 Å². The number of anilines is 2. The first-order chi connectivity index (χ1) is 11.2. The smallest absolute Gasteiger partial charge is 0.289 e. The van der Waals surface area contributed by atoms with Gasteiger partial charge in [-0.1, -0.05) is 18.2 Å². The molecule has 0 aliphatic carbocycles. The van der Waals surface area contributed by atoms with E-state index >= 15 is 0 Å². The van der Waals surface area contributed by atoms with Gasteiger partial charge in [-0.05, 0) is 18.2 Å². The Hall–Kier alpha value is -2.34. The highest BCUT2D eigenvalue weighted by Gasteiger charge is 2.16. The SMILES string of the molecule is Cn1nccc(NCCN2CCN(c3ccccc3)CC2)c1=O. The molecule has 0 bridgehead atoms. The molecule has 122 valence electrons. The summed E-state index contributed by atoms with van der Waals surface area (Å²) >= 11 is 0. The molecule has 1 fully saturated rings. The van der Waals surface area contributed by atoms with E-state index < -0.39 is 0 Å². The van der Waals surface area contributed by atoms with Gasteiger partial charge in [0.25, 0.3) is 5.56 Å². The molecule has 0 atom stereocenters. The maximum Gasteiger partial charge on any atom is 0.289 e. The van der Waals surface area contributed by atoms with Crippen LogP contribution < -0.4 is 15.8 Å². The lowest BCUT2D eigenvalue weighted by atomic mass is 10.2. The minimum Gasteiger partial charge on any atom is -0.379 e. The van der Waals surface area contributed by atoms with E-state index in [2.05, 4.69) is 50.5 Å². The molecule has 1 aromatic heterocycles. The van der Waals surface area contributed by atoms with Crippen LogP contribution in [0.15, 0.2) is 47.4 Å². The van der Waals surface area contributed by atoms with Crippen LogP contribution in [0.1, 0.15) is 0 Å².